The van der Waals surface area contributed by atoms with Crippen LogP contribution in [0.15, 0.2) is 53.7 Å². The zero-order valence-electron chi connectivity index (χ0n) is 21.8. The third kappa shape index (κ3) is 6.60. The molecule has 1 unspecified atom stereocenters. The Bertz CT molecular complexity index is 1280. The molecule has 1 aliphatic heterocycles. The number of nitrogens with one attached hydrogen (secondary N) is 1. The van der Waals surface area contributed by atoms with Crippen LogP contribution in [0.1, 0.15) is 36.4 Å². The van der Waals surface area contributed by atoms with Crippen LogP contribution in [0.4, 0.5) is 5.69 Å². The number of carbonyl (C=O) groups excluding carboxylic acids is 2. The third-order valence-electron chi connectivity index (χ3n) is 6.08. The van der Waals surface area contributed by atoms with Crippen molar-refractivity contribution in [3.05, 3.63) is 71.0 Å². The molecule has 3 aromatic rings. The van der Waals surface area contributed by atoms with Crippen molar-refractivity contribution in [3.63, 3.8) is 0 Å². The Hall–Kier alpha value is -3.59. The zero-order valence-corrected chi connectivity index (χ0v) is 22.6. The molecule has 0 aliphatic carbocycles. The van der Waals surface area contributed by atoms with Crippen molar-refractivity contribution in [2.75, 3.05) is 17.9 Å². The van der Waals surface area contributed by atoms with Gasteiger partial charge < -0.3 is 19.7 Å². The Morgan fingerprint density at radius 2 is 1.70 bits per heavy atom. The minimum atomic E-state index is -0.696. The van der Waals surface area contributed by atoms with Gasteiger partial charge in [0.25, 0.3) is 0 Å². The summed E-state index contributed by atoms with van der Waals surface area (Å²) in [6.07, 6.45) is 0. The molecule has 2 amide bonds. The van der Waals surface area contributed by atoms with Gasteiger partial charge in [0.15, 0.2) is 16.7 Å². The van der Waals surface area contributed by atoms with Crippen LogP contribution < -0.4 is 14.8 Å². The number of carbonyl (C=O) groups is 2. The quantitative estimate of drug-likeness (QED) is 0.316. The predicted molar refractivity (Wildman–Crippen MR) is 144 cm³/mol. The van der Waals surface area contributed by atoms with E-state index in [1.165, 1.54) is 11.8 Å². The number of benzene rings is 2. The van der Waals surface area contributed by atoms with Crippen molar-refractivity contribution < 1.29 is 19.1 Å². The van der Waals surface area contributed by atoms with Crippen LogP contribution in [0.2, 0.25) is 0 Å². The van der Waals surface area contributed by atoms with Crippen LogP contribution in [0.3, 0.4) is 0 Å². The second-order valence-corrected chi connectivity index (χ2v) is 10.4. The summed E-state index contributed by atoms with van der Waals surface area (Å²) in [5.74, 6) is 0.787. The van der Waals surface area contributed by atoms with E-state index >= 15 is 0 Å². The van der Waals surface area contributed by atoms with Gasteiger partial charge in [-0.15, -0.1) is 0 Å². The molecule has 1 aliphatic rings. The van der Waals surface area contributed by atoms with Gasteiger partial charge in [0.1, 0.15) is 6.04 Å². The van der Waals surface area contributed by atoms with E-state index in [0.29, 0.717) is 28.9 Å². The Labute approximate surface area is 221 Å². The average molecular weight is 521 g/mol. The van der Waals surface area contributed by atoms with Crippen LogP contribution in [-0.2, 0) is 16.1 Å². The summed E-state index contributed by atoms with van der Waals surface area (Å²) in [4.78, 5) is 37.9. The van der Waals surface area contributed by atoms with Crippen molar-refractivity contribution in [2.24, 2.45) is 5.92 Å². The largest absolute Gasteiger partial charge is 0.454 e. The molecule has 9 heteroatoms. The maximum Gasteiger partial charge on any atom is 0.247 e. The van der Waals surface area contributed by atoms with Gasteiger partial charge >= 0.3 is 0 Å². The first-order valence-corrected chi connectivity index (χ1v) is 13.2. The fourth-order valence-electron chi connectivity index (χ4n) is 4.27. The number of hydrogen-bond donors (Lipinski definition) is 1. The maximum atomic E-state index is 13.7. The molecule has 2 aromatic carbocycles. The van der Waals surface area contributed by atoms with E-state index in [4.69, 9.17) is 9.47 Å². The summed E-state index contributed by atoms with van der Waals surface area (Å²) in [6, 6.07) is 14.4. The first-order valence-electron chi connectivity index (χ1n) is 12.2. The van der Waals surface area contributed by atoms with Crippen molar-refractivity contribution >= 4 is 29.3 Å². The molecule has 0 saturated carbocycles. The van der Waals surface area contributed by atoms with Gasteiger partial charge in [0, 0.05) is 29.7 Å². The topological polar surface area (TPSA) is 93.7 Å². The SMILES string of the molecule is Cc1cc(C)nc(SCC(=O)N(Cc2ccccc2C)C(C(=O)Nc2ccc3c(c2)OCO3)C(C)C)n1. The number of thioether (sulfide) groups is 1. The molecule has 1 N–H and O–H groups in total. The molecule has 0 bridgehead atoms. The lowest BCUT2D eigenvalue weighted by molar-refractivity contribution is -0.138. The number of fused-ring (bicyclic) bond motifs is 1. The second kappa shape index (κ2) is 11.6. The summed E-state index contributed by atoms with van der Waals surface area (Å²) in [5, 5.41) is 3.53. The number of ether oxygens (including phenoxy) is 2. The minimum Gasteiger partial charge on any atom is -0.454 e. The molecule has 37 heavy (non-hydrogen) atoms. The van der Waals surface area contributed by atoms with Crippen molar-refractivity contribution in [1.29, 1.82) is 0 Å². The summed E-state index contributed by atoms with van der Waals surface area (Å²) in [6.45, 7) is 10.2. The number of aromatic nitrogens is 2. The second-order valence-electron chi connectivity index (χ2n) is 9.42. The molecule has 0 saturated heterocycles. The molecular weight excluding hydrogens is 488 g/mol. The first-order chi connectivity index (χ1) is 17.7. The number of aryl methyl sites for hydroxylation is 3. The number of rotatable bonds is 9. The molecule has 1 aromatic heterocycles. The molecule has 0 spiro atoms. The molecular formula is C28H32N4O4S. The fourth-order valence-corrected chi connectivity index (χ4v) is 5.11. The maximum absolute atomic E-state index is 13.7. The highest BCUT2D eigenvalue weighted by Crippen LogP contribution is 2.34. The van der Waals surface area contributed by atoms with E-state index < -0.39 is 6.04 Å². The highest BCUT2D eigenvalue weighted by Gasteiger charge is 2.33. The van der Waals surface area contributed by atoms with E-state index in [0.717, 1.165) is 22.5 Å². The molecule has 194 valence electrons. The fraction of sp³-hybridized carbons (Fsp3) is 0.357. The van der Waals surface area contributed by atoms with Crippen molar-refractivity contribution in [3.8, 4) is 11.5 Å². The number of amides is 2. The van der Waals surface area contributed by atoms with Gasteiger partial charge in [-0.1, -0.05) is 49.9 Å². The van der Waals surface area contributed by atoms with Crippen molar-refractivity contribution in [2.45, 2.75) is 52.4 Å². The van der Waals surface area contributed by atoms with E-state index in [2.05, 4.69) is 15.3 Å². The molecule has 2 heterocycles. The van der Waals surface area contributed by atoms with E-state index in [1.807, 2.05) is 65.0 Å². The Kier molecular flexibility index (Phi) is 8.33. The lowest BCUT2D eigenvalue weighted by Gasteiger charge is -2.34. The monoisotopic (exact) mass is 520 g/mol. The van der Waals surface area contributed by atoms with Crippen LogP contribution in [0, 0.1) is 26.7 Å². The van der Waals surface area contributed by atoms with Crippen molar-refractivity contribution in [1.82, 2.24) is 14.9 Å². The first kappa shape index (κ1) is 26.5. The van der Waals surface area contributed by atoms with E-state index in [9.17, 15) is 9.59 Å². The number of hydrogen-bond acceptors (Lipinski definition) is 7. The smallest absolute Gasteiger partial charge is 0.247 e. The third-order valence-corrected chi connectivity index (χ3v) is 6.92. The standard InChI is InChI=1S/C28H32N4O4S/c1-17(2)26(27(34)31-22-10-11-23-24(13-22)36-16-35-23)32(14-21-9-7-6-8-18(21)3)25(33)15-37-28-29-19(4)12-20(5)30-28/h6-13,17,26H,14-16H2,1-5H3,(H,31,34). The lowest BCUT2D eigenvalue weighted by Crippen LogP contribution is -2.50. The van der Waals surface area contributed by atoms with Gasteiger partial charge in [-0.05, 0) is 56.0 Å². The highest BCUT2D eigenvalue weighted by atomic mass is 32.2. The van der Waals surface area contributed by atoms with Gasteiger partial charge in [-0.25, -0.2) is 9.97 Å². The van der Waals surface area contributed by atoms with Crippen LogP contribution in [0.5, 0.6) is 11.5 Å². The van der Waals surface area contributed by atoms with E-state index in [1.54, 1.807) is 23.1 Å². The zero-order chi connectivity index (χ0) is 26.5. The van der Waals surface area contributed by atoms with E-state index in [-0.39, 0.29) is 30.3 Å². The molecule has 4 rings (SSSR count). The Balaban J connectivity index is 1.58. The van der Waals surface area contributed by atoms with Crippen LogP contribution in [0.25, 0.3) is 0 Å². The molecule has 8 nitrogen and oxygen atoms in total. The normalized spacial score (nSPS) is 12.9. The number of nitrogens with zero attached hydrogens (tertiary/aromatic N) is 3. The average Bonchev–Trinajstić information content (AvgIpc) is 3.30. The summed E-state index contributed by atoms with van der Waals surface area (Å²) >= 11 is 1.28. The molecule has 0 fully saturated rings. The van der Waals surface area contributed by atoms with Gasteiger partial charge in [-0.2, -0.15) is 0 Å². The highest BCUT2D eigenvalue weighted by molar-refractivity contribution is 7.99. The number of anilines is 1. The van der Waals surface area contributed by atoms with Gasteiger partial charge in [0.2, 0.25) is 18.6 Å². The lowest BCUT2D eigenvalue weighted by atomic mass is 9.99. The summed E-state index contributed by atoms with van der Waals surface area (Å²) < 4.78 is 10.8. The summed E-state index contributed by atoms with van der Waals surface area (Å²) in [7, 11) is 0. The predicted octanol–water partition coefficient (Wildman–Crippen LogP) is 4.91. The summed E-state index contributed by atoms with van der Waals surface area (Å²) in [5.41, 5.74) is 4.33. The van der Waals surface area contributed by atoms with Gasteiger partial charge in [-0.3, -0.25) is 9.59 Å². The molecule has 1 atom stereocenters. The molecule has 0 radical (unpaired) electrons. The van der Waals surface area contributed by atoms with Crippen LogP contribution in [-0.4, -0.2) is 45.3 Å². The minimum absolute atomic E-state index is 0.120. The van der Waals surface area contributed by atoms with Crippen LogP contribution >= 0.6 is 11.8 Å². The Morgan fingerprint density at radius 1 is 1.00 bits per heavy atom. The Morgan fingerprint density at radius 3 is 2.41 bits per heavy atom. The van der Waals surface area contributed by atoms with Gasteiger partial charge in [0.05, 0.1) is 5.75 Å².